The maximum atomic E-state index is 12.9. The number of likely N-dealkylation sites (N-methyl/N-ethyl adjacent to an activating group) is 1. The van der Waals surface area contributed by atoms with Crippen molar-refractivity contribution in [2.24, 2.45) is 0 Å². The number of nitrogens with zero attached hydrogens (tertiary/aromatic N) is 1. The standard InChI is InChI=1S/C20H25F3N2O.C10H12O2/c1-25(14-17-8-5-9-18(12-17)20(21,22)23)19(13-24-15-26)11-10-16-6-3-2-4-7-16;1-12-10-6-4-9(5-7-10)3-2-8-11/h2-3,5-6,8-9,12,15,19H,4,7,10-11,13-14H2,1H3,(H,24,26);4-8H,2-3H2,1H3/t19-;/m0./s1. The maximum absolute atomic E-state index is 12.9. The van der Waals surface area contributed by atoms with Crippen molar-refractivity contribution in [2.45, 2.75) is 57.3 Å². The van der Waals surface area contributed by atoms with Crippen LogP contribution in [-0.2, 0) is 28.7 Å². The molecule has 1 amide bonds. The molecule has 0 saturated carbocycles. The highest BCUT2D eigenvalue weighted by Crippen LogP contribution is 2.30. The zero-order valence-corrected chi connectivity index (χ0v) is 22.0. The molecular weight excluding hydrogens is 493 g/mol. The van der Waals surface area contributed by atoms with Gasteiger partial charge in [-0.15, -0.1) is 0 Å². The predicted molar refractivity (Wildman–Crippen MR) is 144 cm³/mol. The zero-order valence-electron chi connectivity index (χ0n) is 22.0. The predicted octanol–water partition coefficient (Wildman–Crippen LogP) is 6.14. The number of allylic oxidation sites excluding steroid dienone is 4. The van der Waals surface area contributed by atoms with E-state index in [0.717, 1.165) is 50.2 Å². The molecule has 0 saturated heterocycles. The summed E-state index contributed by atoms with van der Waals surface area (Å²) in [6, 6.07) is 13.2. The Morgan fingerprint density at radius 1 is 1.08 bits per heavy atom. The molecule has 8 heteroatoms. The lowest BCUT2D eigenvalue weighted by molar-refractivity contribution is -0.137. The fourth-order valence-electron chi connectivity index (χ4n) is 4.16. The molecule has 1 atom stereocenters. The molecule has 1 aliphatic rings. The molecular formula is C30H37F3N2O3. The fraction of sp³-hybridized carbons (Fsp3) is 0.400. The van der Waals surface area contributed by atoms with Crippen LogP contribution in [0, 0.1) is 0 Å². The number of hydrogen-bond donors (Lipinski definition) is 1. The average molecular weight is 531 g/mol. The second-order valence-corrected chi connectivity index (χ2v) is 9.18. The van der Waals surface area contributed by atoms with Crippen molar-refractivity contribution in [1.29, 1.82) is 0 Å². The van der Waals surface area contributed by atoms with Crippen molar-refractivity contribution in [2.75, 3.05) is 20.7 Å². The summed E-state index contributed by atoms with van der Waals surface area (Å²) in [4.78, 5) is 22.8. The Kier molecular flexibility index (Phi) is 13.3. The van der Waals surface area contributed by atoms with Gasteiger partial charge in [-0.3, -0.25) is 9.69 Å². The molecule has 206 valence electrons. The quantitative estimate of drug-likeness (QED) is 0.316. The van der Waals surface area contributed by atoms with E-state index >= 15 is 0 Å². The summed E-state index contributed by atoms with van der Waals surface area (Å²) in [5.74, 6) is 0.852. The molecule has 2 aromatic carbocycles. The monoisotopic (exact) mass is 530 g/mol. The first-order valence-corrected chi connectivity index (χ1v) is 12.7. The number of nitrogens with one attached hydrogen (secondary N) is 1. The van der Waals surface area contributed by atoms with Crippen LogP contribution in [0.5, 0.6) is 5.75 Å². The van der Waals surface area contributed by atoms with Crippen molar-refractivity contribution in [1.82, 2.24) is 10.2 Å². The van der Waals surface area contributed by atoms with Crippen molar-refractivity contribution < 1.29 is 27.5 Å². The molecule has 0 spiro atoms. The van der Waals surface area contributed by atoms with Gasteiger partial charge in [0.15, 0.2) is 0 Å². The number of amides is 1. The van der Waals surface area contributed by atoms with Crippen LogP contribution in [0.2, 0.25) is 0 Å². The third kappa shape index (κ3) is 11.3. The van der Waals surface area contributed by atoms with E-state index in [1.54, 1.807) is 13.2 Å². The van der Waals surface area contributed by atoms with Gasteiger partial charge in [0, 0.05) is 25.6 Å². The molecule has 0 fully saturated rings. The van der Waals surface area contributed by atoms with Gasteiger partial charge in [-0.2, -0.15) is 13.2 Å². The highest BCUT2D eigenvalue weighted by molar-refractivity contribution is 5.50. The molecule has 38 heavy (non-hydrogen) atoms. The van der Waals surface area contributed by atoms with Crippen molar-refractivity contribution in [3.8, 4) is 5.75 Å². The van der Waals surface area contributed by atoms with Gasteiger partial charge in [0.1, 0.15) is 12.0 Å². The fourth-order valence-corrected chi connectivity index (χ4v) is 4.16. The minimum atomic E-state index is -4.34. The largest absolute Gasteiger partial charge is 0.497 e. The number of carbonyl (C=O) groups excluding carboxylic acids is 2. The summed E-state index contributed by atoms with van der Waals surface area (Å²) in [6.07, 6.45) is 8.83. The van der Waals surface area contributed by atoms with Gasteiger partial charge in [0.2, 0.25) is 6.41 Å². The van der Waals surface area contributed by atoms with Crippen LogP contribution in [0.4, 0.5) is 13.2 Å². The number of ether oxygens (including phenoxy) is 1. The average Bonchev–Trinajstić information content (AvgIpc) is 2.93. The second kappa shape index (κ2) is 16.5. The van der Waals surface area contributed by atoms with E-state index in [-0.39, 0.29) is 6.04 Å². The summed E-state index contributed by atoms with van der Waals surface area (Å²) < 4.78 is 43.7. The van der Waals surface area contributed by atoms with E-state index in [2.05, 4.69) is 23.5 Å². The van der Waals surface area contributed by atoms with Gasteiger partial charge in [0.25, 0.3) is 0 Å². The van der Waals surface area contributed by atoms with Crippen molar-refractivity contribution in [3.05, 3.63) is 89.0 Å². The number of carbonyl (C=O) groups is 2. The molecule has 2 aromatic rings. The van der Waals surface area contributed by atoms with Crippen LogP contribution in [-0.4, -0.2) is 44.3 Å². The van der Waals surface area contributed by atoms with Gasteiger partial charge >= 0.3 is 6.18 Å². The molecule has 0 aliphatic heterocycles. The number of benzene rings is 2. The van der Waals surface area contributed by atoms with Crippen molar-refractivity contribution >= 4 is 12.7 Å². The van der Waals surface area contributed by atoms with Gasteiger partial charge in [0.05, 0.1) is 12.7 Å². The molecule has 5 nitrogen and oxygen atoms in total. The van der Waals surface area contributed by atoms with E-state index in [9.17, 15) is 22.8 Å². The number of alkyl halides is 3. The van der Waals surface area contributed by atoms with E-state index < -0.39 is 11.7 Å². The second-order valence-electron chi connectivity index (χ2n) is 9.18. The van der Waals surface area contributed by atoms with Crippen LogP contribution in [0.25, 0.3) is 0 Å². The number of methoxy groups -OCH3 is 1. The lowest BCUT2D eigenvalue weighted by Gasteiger charge is -2.28. The summed E-state index contributed by atoms with van der Waals surface area (Å²) >= 11 is 0. The number of rotatable bonds is 13. The third-order valence-corrected chi connectivity index (χ3v) is 6.36. The van der Waals surface area contributed by atoms with Gasteiger partial charge < -0.3 is 14.8 Å². The molecule has 0 bridgehead atoms. The zero-order chi connectivity index (χ0) is 27.8. The lowest BCUT2D eigenvalue weighted by Crippen LogP contribution is -2.39. The van der Waals surface area contributed by atoms with E-state index in [4.69, 9.17) is 4.74 Å². The van der Waals surface area contributed by atoms with Gasteiger partial charge in [-0.25, -0.2) is 0 Å². The molecule has 0 radical (unpaired) electrons. The first kappa shape index (κ1) is 30.8. The number of aryl methyl sites for hydroxylation is 1. The number of aldehydes is 1. The van der Waals surface area contributed by atoms with Gasteiger partial charge in [-0.05, 0) is 68.5 Å². The van der Waals surface area contributed by atoms with Crippen LogP contribution in [0.15, 0.2) is 72.3 Å². The minimum Gasteiger partial charge on any atom is -0.497 e. The summed E-state index contributed by atoms with van der Waals surface area (Å²) in [5, 5.41) is 2.70. The Balaban J connectivity index is 0.000000352. The third-order valence-electron chi connectivity index (χ3n) is 6.36. The topological polar surface area (TPSA) is 58.6 Å². The smallest absolute Gasteiger partial charge is 0.416 e. The number of hydrogen-bond acceptors (Lipinski definition) is 4. The summed E-state index contributed by atoms with van der Waals surface area (Å²) in [6.45, 7) is 0.871. The maximum Gasteiger partial charge on any atom is 0.416 e. The van der Waals surface area contributed by atoms with Crippen LogP contribution < -0.4 is 10.1 Å². The highest BCUT2D eigenvalue weighted by Gasteiger charge is 2.30. The molecule has 0 aromatic heterocycles. The SMILES string of the molecule is CN(Cc1cccc(C(F)(F)F)c1)[C@@H](CCC1=CC=CCC1)CNC=O.COc1ccc(CCC=O)cc1. The normalized spacial score (nSPS) is 13.7. The molecule has 1 N–H and O–H groups in total. The van der Waals surface area contributed by atoms with E-state index in [1.165, 1.54) is 23.3 Å². The summed E-state index contributed by atoms with van der Waals surface area (Å²) in [5.41, 5.74) is 2.52. The Morgan fingerprint density at radius 3 is 2.45 bits per heavy atom. The van der Waals surface area contributed by atoms with Crippen LogP contribution in [0.3, 0.4) is 0 Å². The van der Waals surface area contributed by atoms with Crippen LogP contribution >= 0.6 is 0 Å². The highest BCUT2D eigenvalue weighted by atomic mass is 19.4. The lowest BCUT2D eigenvalue weighted by atomic mass is 9.97. The Hall–Kier alpha value is -3.39. The Bertz CT molecular complexity index is 1050. The molecule has 0 heterocycles. The Labute approximate surface area is 223 Å². The molecule has 3 rings (SSSR count). The number of halogens is 3. The minimum absolute atomic E-state index is 0.0570. The molecule has 1 aliphatic carbocycles. The van der Waals surface area contributed by atoms with Crippen molar-refractivity contribution in [3.63, 3.8) is 0 Å². The first-order valence-electron chi connectivity index (χ1n) is 12.7. The van der Waals surface area contributed by atoms with Gasteiger partial charge in [-0.1, -0.05) is 54.1 Å². The van der Waals surface area contributed by atoms with E-state index in [1.807, 2.05) is 36.2 Å². The first-order chi connectivity index (χ1) is 18.3. The van der Waals surface area contributed by atoms with Crippen LogP contribution in [0.1, 0.15) is 48.8 Å². The Morgan fingerprint density at radius 2 is 1.84 bits per heavy atom. The summed E-state index contributed by atoms with van der Waals surface area (Å²) in [7, 11) is 3.52. The molecule has 0 unspecified atom stereocenters. The van der Waals surface area contributed by atoms with E-state index in [0.29, 0.717) is 31.5 Å².